The first-order valence-corrected chi connectivity index (χ1v) is 8.53. The van der Waals surface area contributed by atoms with Gasteiger partial charge in [0, 0.05) is 17.8 Å². The Labute approximate surface area is 161 Å². The molecule has 2 aromatic carbocycles. The molecule has 1 aliphatic heterocycles. The number of hydrogen-bond donors (Lipinski definition) is 2. The van der Waals surface area contributed by atoms with Crippen LogP contribution in [0.15, 0.2) is 53.1 Å². The van der Waals surface area contributed by atoms with Crippen LogP contribution in [-0.4, -0.2) is 10.8 Å². The number of hydrogen-bond acceptors (Lipinski definition) is 6. The van der Waals surface area contributed by atoms with E-state index in [1.807, 2.05) is 38.1 Å². The molecule has 3 rings (SSSR count). The Hall–Kier alpha value is -3.31. The van der Waals surface area contributed by atoms with Gasteiger partial charge in [-0.15, -0.1) is 12.6 Å². The molecule has 0 radical (unpaired) electrons. The molecular formula is C19H16N4O3S. The van der Waals surface area contributed by atoms with Gasteiger partial charge in [0.05, 0.1) is 9.95 Å². The Morgan fingerprint density at radius 2 is 1.89 bits per heavy atom. The minimum atomic E-state index is -0.650. The van der Waals surface area contributed by atoms with Crippen molar-refractivity contribution in [3.63, 3.8) is 0 Å². The zero-order valence-electron chi connectivity index (χ0n) is 14.6. The first-order valence-electron chi connectivity index (χ1n) is 8.08. The van der Waals surface area contributed by atoms with Crippen LogP contribution in [-0.2, 0) is 4.79 Å². The largest absolute Gasteiger partial charge is 0.327 e. The Morgan fingerprint density at radius 3 is 2.48 bits per heavy atom. The lowest BCUT2D eigenvalue weighted by atomic mass is 10.0. The highest BCUT2D eigenvalue weighted by Crippen LogP contribution is 2.38. The Kier molecular flexibility index (Phi) is 4.88. The van der Waals surface area contributed by atoms with E-state index in [4.69, 9.17) is 0 Å². The summed E-state index contributed by atoms with van der Waals surface area (Å²) >= 11 is 4.46. The second-order valence-electron chi connectivity index (χ2n) is 6.19. The zero-order chi connectivity index (χ0) is 19.7. The van der Waals surface area contributed by atoms with Gasteiger partial charge in [0.15, 0.2) is 0 Å². The number of anilines is 1. The lowest BCUT2D eigenvalue weighted by molar-refractivity contribution is -0.384. The number of nitro groups is 1. The molecule has 27 heavy (non-hydrogen) atoms. The number of non-ortho nitro benzene ring substituents is 1. The van der Waals surface area contributed by atoms with Crippen molar-refractivity contribution in [2.75, 3.05) is 4.90 Å². The van der Waals surface area contributed by atoms with Crippen LogP contribution in [0.4, 0.5) is 11.4 Å². The molecule has 0 aromatic heterocycles. The summed E-state index contributed by atoms with van der Waals surface area (Å²) in [5, 5.41) is 23.3. The molecule has 1 atom stereocenters. The van der Waals surface area contributed by atoms with Crippen molar-refractivity contribution >= 4 is 29.9 Å². The molecule has 8 heteroatoms. The van der Waals surface area contributed by atoms with E-state index in [1.165, 1.54) is 12.1 Å². The second-order valence-corrected chi connectivity index (χ2v) is 6.62. The molecule has 0 saturated carbocycles. The number of nitrogens with one attached hydrogen (secondary N) is 1. The summed E-state index contributed by atoms with van der Waals surface area (Å²) in [4.78, 5) is 24.5. The van der Waals surface area contributed by atoms with E-state index in [2.05, 4.69) is 17.9 Å². The minimum absolute atomic E-state index is 0.0430. The third-order valence-corrected chi connectivity index (χ3v) is 4.80. The van der Waals surface area contributed by atoms with E-state index in [0.29, 0.717) is 5.56 Å². The van der Waals surface area contributed by atoms with Gasteiger partial charge in [-0.25, -0.2) is 0 Å². The highest BCUT2D eigenvalue weighted by Gasteiger charge is 2.34. The maximum absolute atomic E-state index is 12.3. The fourth-order valence-electron chi connectivity index (χ4n) is 2.95. The van der Waals surface area contributed by atoms with Gasteiger partial charge in [0.1, 0.15) is 17.8 Å². The predicted octanol–water partition coefficient (Wildman–Crippen LogP) is 3.51. The lowest BCUT2D eigenvalue weighted by Crippen LogP contribution is -2.46. The number of aryl methyl sites for hydroxylation is 2. The predicted molar refractivity (Wildman–Crippen MR) is 104 cm³/mol. The third kappa shape index (κ3) is 3.37. The number of carbonyl (C=O) groups is 1. The summed E-state index contributed by atoms with van der Waals surface area (Å²) in [5.41, 5.74) is 3.24. The van der Waals surface area contributed by atoms with E-state index in [1.54, 1.807) is 17.0 Å². The molecule has 0 spiro atoms. The topological polar surface area (TPSA) is 99.3 Å². The van der Waals surface area contributed by atoms with E-state index < -0.39 is 17.0 Å². The smallest absolute Gasteiger partial charge is 0.269 e. The average molecular weight is 380 g/mol. The van der Waals surface area contributed by atoms with Crippen molar-refractivity contribution in [1.29, 1.82) is 5.26 Å². The zero-order valence-corrected chi connectivity index (χ0v) is 15.5. The Bertz CT molecular complexity index is 1010. The van der Waals surface area contributed by atoms with Gasteiger partial charge >= 0.3 is 0 Å². The van der Waals surface area contributed by atoms with Crippen molar-refractivity contribution in [3.05, 3.63) is 79.9 Å². The van der Waals surface area contributed by atoms with Gasteiger partial charge < -0.3 is 10.2 Å². The van der Waals surface area contributed by atoms with Crippen molar-refractivity contribution < 1.29 is 9.72 Å². The van der Waals surface area contributed by atoms with Gasteiger partial charge in [-0.2, -0.15) is 5.26 Å². The van der Waals surface area contributed by atoms with Crippen LogP contribution in [0, 0.1) is 35.3 Å². The SMILES string of the molecule is Cc1ccc(C)c(N2C(S)=C(C#N)C(=O)NC2c2ccc([N+](=O)[O-])cc2)c1. The number of nitriles is 1. The molecule has 1 amide bonds. The monoisotopic (exact) mass is 380 g/mol. The molecule has 0 bridgehead atoms. The maximum Gasteiger partial charge on any atom is 0.269 e. The van der Waals surface area contributed by atoms with Gasteiger partial charge in [-0.1, -0.05) is 12.1 Å². The van der Waals surface area contributed by atoms with Crippen molar-refractivity contribution in [2.45, 2.75) is 20.0 Å². The minimum Gasteiger partial charge on any atom is -0.327 e. The molecule has 7 nitrogen and oxygen atoms in total. The number of nitrogens with zero attached hydrogens (tertiary/aromatic N) is 3. The molecule has 1 aliphatic rings. The van der Waals surface area contributed by atoms with Crippen molar-refractivity contribution in [2.24, 2.45) is 0 Å². The van der Waals surface area contributed by atoms with E-state index in [-0.39, 0.29) is 16.3 Å². The highest BCUT2D eigenvalue weighted by atomic mass is 32.1. The number of amides is 1. The quantitative estimate of drug-likeness (QED) is 0.482. The Balaban J connectivity index is 2.17. The fraction of sp³-hybridized carbons (Fsp3) is 0.158. The van der Waals surface area contributed by atoms with Gasteiger partial charge in [0.2, 0.25) is 0 Å². The number of rotatable bonds is 3. The van der Waals surface area contributed by atoms with Crippen molar-refractivity contribution in [3.8, 4) is 6.07 Å². The van der Waals surface area contributed by atoms with Crippen LogP contribution in [0.25, 0.3) is 0 Å². The summed E-state index contributed by atoms with van der Waals surface area (Å²) in [7, 11) is 0. The molecule has 0 fully saturated rings. The van der Waals surface area contributed by atoms with Gasteiger partial charge in [0.25, 0.3) is 11.6 Å². The third-order valence-electron chi connectivity index (χ3n) is 4.36. The molecule has 0 aliphatic carbocycles. The Morgan fingerprint density at radius 1 is 1.22 bits per heavy atom. The van der Waals surface area contributed by atoms with Crippen LogP contribution in [0.1, 0.15) is 22.9 Å². The molecule has 1 unspecified atom stereocenters. The molecule has 2 aromatic rings. The highest BCUT2D eigenvalue weighted by molar-refractivity contribution is 7.84. The van der Waals surface area contributed by atoms with E-state index in [9.17, 15) is 20.2 Å². The number of benzene rings is 2. The summed E-state index contributed by atoms with van der Waals surface area (Å²) < 4.78 is 0. The van der Waals surface area contributed by atoms with Crippen molar-refractivity contribution in [1.82, 2.24) is 5.32 Å². The van der Waals surface area contributed by atoms with Crippen LogP contribution >= 0.6 is 12.6 Å². The summed E-state index contributed by atoms with van der Waals surface area (Å²) in [5.74, 6) is -0.535. The van der Waals surface area contributed by atoms with Gasteiger partial charge in [-0.05, 0) is 48.7 Å². The fourth-order valence-corrected chi connectivity index (χ4v) is 3.32. The molecule has 136 valence electrons. The van der Waals surface area contributed by atoms with Crippen LogP contribution in [0.3, 0.4) is 0 Å². The summed E-state index contributed by atoms with van der Waals surface area (Å²) in [6.07, 6.45) is -0.650. The molecule has 0 saturated heterocycles. The van der Waals surface area contributed by atoms with Crippen LogP contribution < -0.4 is 10.2 Å². The first kappa shape index (κ1) is 18.5. The average Bonchev–Trinajstić information content (AvgIpc) is 2.64. The summed E-state index contributed by atoms with van der Waals surface area (Å²) in [6.45, 7) is 3.87. The number of carbonyl (C=O) groups excluding carboxylic acids is 1. The van der Waals surface area contributed by atoms with E-state index >= 15 is 0 Å². The molecule has 1 N–H and O–H groups in total. The second kappa shape index (κ2) is 7.13. The van der Waals surface area contributed by atoms with E-state index in [0.717, 1.165) is 16.8 Å². The molecular weight excluding hydrogens is 364 g/mol. The maximum atomic E-state index is 12.3. The van der Waals surface area contributed by atoms with Gasteiger partial charge in [-0.3, -0.25) is 14.9 Å². The number of nitro benzene ring substituents is 1. The standard InChI is InChI=1S/C19H16N4O3S/c1-11-3-4-12(2)16(9-11)22-17(21-18(24)15(10-20)19(22)27)13-5-7-14(8-6-13)23(25)26/h3-9,17,27H,1-2H3,(H,21,24). The normalized spacial score (nSPS) is 16.7. The summed E-state index contributed by atoms with van der Waals surface area (Å²) in [6, 6.07) is 13.7. The first-order chi connectivity index (χ1) is 12.8. The number of thiol groups is 1. The molecule has 1 heterocycles. The van der Waals surface area contributed by atoms with Crippen LogP contribution in [0.5, 0.6) is 0 Å². The lowest BCUT2D eigenvalue weighted by Gasteiger charge is -2.38. The van der Waals surface area contributed by atoms with Crippen LogP contribution in [0.2, 0.25) is 0 Å².